The number of fused-ring (bicyclic) bond motifs is 1. The SMILES string of the molecule is CC(C)n1ncc(Cl)c1C(O)c1cc2cc(F)ccc2s1. The van der Waals surface area contributed by atoms with Crippen molar-refractivity contribution < 1.29 is 9.50 Å². The summed E-state index contributed by atoms with van der Waals surface area (Å²) >= 11 is 7.58. The molecule has 0 radical (unpaired) electrons. The van der Waals surface area contributed by atoms with Gasteiger partial charge in [-0.3, -0.25) is 4.68 Å². The second-order valence-corrected chi connectivity index (χ2v) is 6.67. The Kier molecular flexibility index (Phi) is 3.73. The van der Waals surface area contributed by atoms with E-state index in [0.29, 0.717) is 10.7 Å². The summed E-state index contributed by atoms with van der Waals surface area (Å²) in [5.74, 6) is -0.286. The maximum absolute atomic E-state index is 13.3. The molecule has 0 aliphatic heterocycles. The third kappa shape index (κ3) is 2.57. The van der Waals surface area contributed by atoms with E-state index >= 15 is 0 Å². The largest absolute Gasteiger partial charge is 0.381 e. The standard InChI is InChI=1S/C15H14ClFN2OS/c1-8(2)19-14(11(16)7-18-19)15(20)13-6-9-5-10(17)3-4-12(9)21-13/h3-8,15,20H,1-2H3. The van der Waals surface area contributed by atoms with Crippen molar-refractivity contribution in [2.24, 2.45) is 0 Å². The summed E-state index contributed by atoms with van der Waals surface area (Å²) in [7, 11) is 0. The van der Waals surface area contributed by atoms with Gasteiger partial charge < -0.3 is 5.11 Å². The minimum absolute atomic E-state index is 0.0916. The zero-order chi connectivity index (χ0) is 15.1. The van der Waals surface area contributed by atoms with E-state index in [4.69, 9.17) is 11.6 Å². The van der Waals surface area contributed by atoms with Gasteiger partial charge in [0.05, 0.1) is 16.9 Å². The van der Waals surface area contributed by atoms with E-state index in [9.17, 15) is 9.50 Å². The summed E-state index contributed by atoms with van der Waals surface area (Å²) < 4.78 is 15.9. The molecule has 0 bridgehead atoms. The molecule has 1 unspecified atom stereocenters. The molecule has 0 saturated carbocycles. The summed E-state index contributed by atoms with van der Waals surface area (Å²) in [6.07, 6.45) is 0.662. The number of nitrogens with zero attached hydrogens (tertiary/aromatic N) is 2. The number of thiophene rings is 1. The van der Waals surface area contributed by atoms with Gasteiger partial charge in [0.15, 0.2) is 0 Å². The molecule has 3 rings (SSSR count). The predicted molar refractivity (Wildman–Crippen MR) is 83.5 cm³/mol. The Morgan fingerprint density at radius 3 is 2.81 bits per heavy atom. The summed E-state index contributed by atoms with van der Waals surface area (Å²) in [6.45, 7) is 3.94. The molecule has 0 spiro atoms. The fourth-order valence-electron chi connectivity index (χ4n) is 2.32. The molecule has 0 saturated heterocycles. The van der Waals surface area contributed by atoms with Crippen LogP contribution in [0.2, 0.25) is 5.02 Å². The van der Waals surface area contributed by atoms with Gasteiger partial charge in [0.1, 0.15) is 11.9 Å². The van der Waals surface area contributed by atoms with E-state index in [-0.39, 0.29) is 11.9 Å². The summed E-state index contributed by atoms with van der Waals surface area (Å²) in [5, 5.41) is 16.0. The van der Waals surface area contributed by atoms with Crippen LogP contribution in [0.15, 0.2) is 30.5 Å². The van der Waals surface area contributed by atoms with Crippen LogP contribution in [0.4, 0.5) is 4.39 Å². The van der Waals surface area contributed by atoms with Crippen molar-refractivity contribution in [3.63, 3.8) is 0 Å². The lowest BCUT2D eigenvalue weighted by molar-refractivity contribution is 0.209. The Morgan fingerprint density at radius 2 is 2.10 bits per heavy atom. The lowest BCUT2D eigenvalue weighted by Gasteiger charge is -2.15. The number of halogens is 2. The number of aliphatic hydroxyl groups excluding tert-OH is 1. The molecular weight excluding hydrogens is 311 g/mol. The minimum Gasteiger partial charge on any atom is -0.381 e. The van der Waals surface area contributed by atoms with Crippen molar-refractivity contribution >= 4 is 33.0 Å². The predicted octanol–water partition coefficient (Wildman–Crippen LogP) is 4.55. The second kappa shape index (κ2) is 5.40. The van der Waals surface area contributed by atoms with Gasteiger partial charge in [-0.15, -0.1) is 11.3 Å². The maximum Gasteiger partial charge on any atom is 0.131 e. The van der Waals surface area contributed by atoms with Crippen molar-refractivity contribution in [3.8, 4) is 0 Å². The fraction of sp³-hybridized carbons (Fsp3) is 0.267. The van der Waals surface area contributed by atoms with Crippen LogP contribution in [0.25, 0.3) is 10.1 Å². The molecule has 3 aromatic rings. The Balaban J connectivity index is 2.08. The van der Waals surface area contributed by atoms with Crippen LogP contribution in [0, 0.1) is 5.82 Å². The van der Waals surface area contributed by atoms with Crippen LogP contribution in [0.5, 0.6) is 0 Å². The maximum atomic E-state index is 13.3. The van der Waals surface area contributed by atoms with Gasteiger partial charge in [-0.05, 0) is 43.5 Å². The molecule has 2 aromatic heterocycles. The second-order valence-electron chi connectivity index (χ2n) is 5.15. The lowest BCUT2D eigenvalue weighted by Crippen LogP contribution is -2.11. The first kappa shape index (κ1) is 14.5. The molecule has 1 atom stereocenters. The highest BCUT2D eigenvalue weighted by molar-refractivity contribution is 7.19. The monoisotopic (exact) mass is 324 g/mol. The van der Waals surface area contributed by atoms with E-state index in [0.717, 1.165) is 15.0 Å². The molecule has 110 valence electrons. The normalized spacial score (nSPS) is 13.2. The van der Waals surface area contributed by atoms with Gasteiger partial charge in [0, 0.05) is 15.6 Å². The lowest BCUT2D eigenvalue weighted by atomic mass is 10.1. The molecule has 1 N–H and O–H groups in total. The number of aliphatic hydroxyl groups is 1. The average Bonchev–Trinajstić information content (AvgIpc) is 3.00. The number of aromatic nitrogens is 2. The highest BCUT2D eigenvalue weighted by Gasteiger charge is 2.23. The van der Waals surface area contributed by atoms with Crippen LogP contribution in [0.3, 0.4) is 0 Å². The molecule has 21 heavy (non-hydrogen) atoms. The van der Waals surface area contributed by atoms with Gasteiger partial charge in [0.25, 0.3) is 0 Å². The Hall–Kier alpha value is -1.43. The van der Waals surface area contributed by atoms with Crippen LogP contribution < -0.4 is 0 Å². The van der Waals surface area contributed by atoms with E-state index in [1.54, 1.807) is 16.8 Å². The van der Waals surface area contributed by atoms with Crippen LogP contribution in [0.1, 0.15) is 36.6 Å². The first-order chi connectivity index (χ1) is 9.97. The average molecular weight is 325 g/mol. The summed E-state index contributed by atoms with van der Waals surface area (Å²) in [5.41, 5.74) is 0.568. The summed E-state index contributed by atoms with van der Waals surface area (Å²) in [4.78, 5) is 0.722. The van der Waals surface area contributed by atoms with E-state index in [1.165, 1.54) is 29.7 Å². The van der Waals surface area contributed by atoms with Crippen LogP contribution in [-0.4, -0.2) is 14.9 Å². The molecule has 1 aromatic carbocycles. The van der Waals surface area contributed by atoms with Gasteiger partial charge >= 0.3 is 0 Å². The fourth-order valence-corrected chi connectivity index (χ4v) is 3.59. The van der Waals surface area contributed by atoms with Crippen molar-refractivity contribution in [3.05, 3.63) is 51.9 Å². The van der Waals surface area contributed by atoms with Gasteiger partial charge in [-0.25, -0.2) is 4.39 Å². The smallest absolute Gasteiger partial charge is 0.131 e. The van der Waals surface area contributed by atoms with E-state index < -0.39 is 6.10 Å². The zero-order valence-electron chi connectivity index (χ0n) is 11.5. The minimum atomic E-state index is -0.872. The van der Waals surface area contributed by atoms with Crippen molar-refractivity contribution in [1.82, 2.24) is 9.78 Å². The van der Waals surface area contributed by atoms with Crippen molar-refractivity contribution in [2.45, 2.75) is 26.0 Å². The molecule has 3 nitrogen and oxygen atoms in total. The summed E-state index contributed by atoms with van der Waals surface area (Å²) in [6, 6.07) is 6.48. The first-order valence-corrected chi connectivity index (χ1v) is 7.76. The molecule has 0 aliphatic rings. The van der Waals surface area contributed by atoms with Gasteiger partial charge in [0.2, 0.25) is 0 Å². The Bertz CT molecular complexity index is 796. The van der Waals surface area contributed by atoms with E-state index in [2.05, 4.69) is 5.10 Å². The quantitative estimate of drug-likeness (QED) is 0.767. The molecular formula is C15H14ClFN2OS. The molecule has 0 amide bonds. The topological polar surface area (TPSA) is 38.0 Å². The van der Waals surface area contributed by atoms with Gasteiger partial charge in [-0.2, -0.15) is 5.10 Å². The third-order valence-electron chi connectivity index (χ3n) is 3.30. The molecule has 2 heterocycles. The van der Waals surface area contributed by atoms with Crippen molar-refractivity contribution in [1.29, 1.82) is 0 Å². The zero-order valence-corrected chi connectivity index (χ0v) is 13.1. The highest BCUT2D eigenvalue weighted by Crippen LogP contribution is 2.36. The number of hydrogen-bond acceptors (Lipinski definition) is 3. The molecule has 0 aliphatic carbocycles. The van der Waals surface area contributed by atoms with Crippen molar-refractivity contribution in [2.75, 3.05) is 0 Å². The van der Waals surface area contributed by atoms with Gasteiger partial charge in [-0.1, -0.05) is 11.6 Å². The molecule has 0 fully saturated rings. The van der Waals surface area contributed by atoms with E-state index in [1.807, 2.05) is 13.8 Å². The highest BCUT2D eigenvalue weighted by atomic mass is 35.5. The van der Waals surface area contributed by atoms with Crippen LogP contribution >= 0.6 is 22.9 Å². The first-order valence-electron chi connectivity index (χ1n) is 6.57. The Labute approximate surface area is 130 Å². The Morgan fingerprint density at radius 1 is 1.33 bits per heavy atom. The number of benzene rings is 1. The third-order valence-corrected chi connectivity index (χ3v) is 4.76. The number of hydrogen-bond donors (Lipinski definition) is 1. The molecule has 6 heteroatoms. The van der Waals surface area contributed by atoms with Crippen LogP contribution in [-0.2, 0) is 0 Å². The number of rotatable bonds is 3.